The molecule has 8 heavy (non-hydrogen) atoms. The Morgan fingerprint density at radius 3 is 2.62 bits per heavy atom. The molecule has 0 saturated carbocycles. The molecule has 3 heteroatoms. The van der Waals surface area contributed by atoms with Gasteiger partial charge in [0, 0.05) is 6.66 Å². The van der Waals surface area contributed by atoms with E-state index in [2.05, 4.69) is 0 Å². The van der Waals surface area contributed by atoms with Crippen LogP contribution in [0.4, 0.5) is 0 Å². The molecule has 0 aliphatic carbocycles. The van der Waals surface area contributed by atoms with Crippen LogP contribution in [-0.4, -0.2) is 12.8 Å². The lowest BCUT2D eigenvalue weighted by Gasteiger charge is -2.03. The average molecular weight is 132 g/mol. The van der Waals surface area contributed by atoms with E-state index in [1.165, 1.54) is 0 Å². The van der Waals surface area contributed by atoms with Gasteiger partial charge >= 0.3 is 0 Å². The molecule has 0 radical (unpaired) electrons. The Bertz CT molecular complexity index is 171. The van der Waals surface area contributed by atoms with Crippen molar-refractivity contribution in [2.24, 2.45) is 0 Å². The molecule has 1 atom stereocenters. The molecule has 0 aromatic carbocycles. The quantitative estimate of drug-likeness (QED) is 0.470. The molecule has 1 rings (SSSR count). The van der Waals surface area contributed by atoms with Crippen LogP contribution >= 0.6 is 7.37 Å². The molecule has 0 N–H and O–H groups in total. The Hall–Kier alpha value is -0.230. The molecular weight excluding hydrogens is 123 g/mol. The SMILES string of the molecule is CC1=CCP(C)(=O)O1. The van der Waals surface area contributed by atoms with E-state index in [1.54, 1.807) is 6.66 Å². The van der Waals surface area contributed by atoms with Gasteiger partial charge in [-0.05, 0) is 13.0 Å². The van der Waals surface area contributed by atoms with E-state index in [4.69, 9.17) is 4.52 Å². The Labute approximate surface area is 49.0 Å². The Balaban J connectivity index is 2.69. The zero-order valence-electron chi connectivity index (χ0n) is 5.05. The largest absolute Gasteiger partial charge is 0.448 e. The van der Waals surface area contributed by atoms with Crippen molar-refractivity contribution in [2.45, 2.75) is 6.92 Å². The van der Waals surface area contributed by atoms with Crippen molar-refractivity contribution in [3.63, 3.8) is 0 Å². The van der Waals surface area contributed by atoms with Gasteiger partial charge < -0.3 is 4.52 Å². The minimum atomic E-state index is -2.19. The summed E-state index contributed by atoms with van der Waals surface area (Å²) in [5, 5.41) is 0. The van der Waals surface area contributed by atoms with E-state index in [-0.39, 0.29) is 0 Å². The first kappa shape index (κ1) is 5.90. The zero-order valence-corrected chi connectivity index (χ0v) is 5.94. The van der Waals surface area contributed by atoms with E-state index in [0.717, 1.165) is 5.76 Å². The van der Waals surface area contributed by atoms with Crippen molar-refractivity contribution in [3.05, 3.63) is 11.8 Å². The van der Waals surface area contributed by atoms with Gasteiger partial charge in [0.15, 0.2) is 0 Å². The van der Waals surface area contributed by atoms with Gasteiger partial charge in [0.1, 0.15) is 0 Å². The maximum absolute atomic E-state index is 11.0. The number of hydrogen-bond acceptors (Lipinski definition) is 2. The van der Waals surface area contributed by atoms with Crippen LogP contribution in [-0.2, 0) is 9.09 Å². The molecule has 46 valence electrons. The van der Waals surface area contributed by atoms with Crippen molar-refractivity contribution in [1.29, 1.82) is 0 Å². The van der Waals surface area contributed by atoms with Crippen molar-refractivity contribution in [1.82, 2.24) is 0 Å². The van der Waals surface area contributed by atoms with Gasteiger partial charge in [-0.2, -0.15) is 0 Å². The third-order valence-electron chi connectivity index (χ3n) is 1.05. The van der Waals surface area contributed by atoms with E-state index in [0.29, 0.717) is 6.16 Å². The summed E-state index contributed by atoms with van der Waals surface area (Å²) >= 11 is 0. The highest BCUT2D eigenvalue weighted by molar-refractivity contribution is 7.58. The summed E-state index contributed by atoms with van der Waals surface area (Å²) in [6.07, 6.45) is 2.47. The van der Waals surface area contributed by atoms with Crippen LogP contribution in [0.1, 0.15) is 6.92 Å². The second kappa shape index (κ2) is 1.63. The van der Waals surface area contributed by atoms with Crippen LogP contribution in [0, 0.1) is 0 Å². The van der Waals surface area contributed by atoms with Crippen LogP contribution in [0.25, 0.3) is 0 Å². The van der Waals surface area contributed by atoms with Gasteiger partial charge in [0.2, 0.25) is 7.37 Å². The predicted molar refractivity (Wildman–Crippen MR) is 33.2 cm³/mol. The number of rotatable bonds is 0. The summed E-state index contributed by atoms with van der Waals surface area (Å²) in [5.41, 5.74) is 0. The lowest BCUT2D eigenvalue weighted by Crippen LogP contribution is -1.76. The minimum Gasteiger partial charge on any atom is -0.448 e. The Morgan fingerprint density at radius 1 is 1.88 bits per heavy atom. The third-order valence-corrected chi connectivity index (χ3v) is 2.57. The van der Waals surface area contributed by atoms with E-state index in [1.807, 2.05) is 13.0 Å². The maximum atomic E-state index is 11.0. The van der Waals surface area contributed by atoms with Crippen molar-refractivity contribution < 1.29 is 9.09 Å². The fourth-order valence-electron chi connectivity index (χ4n) is 0.674. The van der Waals surface area contributed by atoms with Crippen LogP contribution in [0.5, 0.6) is 0 Å². The van der Waals surface area contributed by atoms with Crippen LogP contribution in [0.2, 0.25) is 0 Å². The fourth-order valence-corrected chi connectivity index (χ4v) is 2.02. The van der Waals surface area contributed by atoms with E-state index in [9.17, 15) is 4.57 Å². The molecule has 0 spiro atoms. The average Bonchev–Trinajstić information content (AvgIpc) is 1.82. The van der Waals surface area contributed by atoms with Crippen molar-refractivity contribution >= 4 is 7.37 Å². The molecule has 0 fully saturated rings. The van der Waals surface area contributed by atoms with Gasteiger partial charge in [-0.15, -0.1) is 0 Å². The van der Waals surface area contributed by atoms with E-state index < -0.39 is 7.37 Å². The molecule has 1 aliphatic heterocycles. The molecule has 0 aromatic heterocycles. The van der Waals surface area contributed by atoms with Gasteiger partial charge in [0.25, 0.3) is 0 Å². The zero-order chi connectivity index (χ0) is 6.20. The first-order valence-corrected chi connectivity index (χ1v) is 4.79. The predicted octanol–water partition coefficient (Wildman–Crippen LogP) is 1.83. The molecule has 0 bridgehead atoms. The Kier molecular flexibility index (Phi) is 1.20. The number of allylic oxidation sites excluding steroid dienone is 2. The molecule has 0 saturated heterocycles. The van der Waals surface area contributed by atoms with Gasteiger partial charge in [0.05, 0.1) is 11.9 Å². The second-order valence-electron chi connectivity index (χ2n) is 2.10. The van der Waals surface area contributed by atoms with Gasteiger partial charge in [-0.25, -0.2) is 0 Å². The summed E-state index contributed by atoms with van der Waals surface area (Å²) in [6.45, 7) is 3.48. The topological polar surface area (TPSA) is 26.3 Å². The lowest BCUT2D eigenvalue weighted by molar-refractivity contribution is 0.425. The molecule has 1 unspecified atom stereocenters. The van der Waals surface area contributed by atoms with Crippen LogP contribution in [0.15, 0.2) is 11.8 Å². The molecule has 1 aliphatic rings. The first-order valence-electron chi connectivity index (χ1n) is 2.53. The smallest absolute Gasteiger partial charge is 0.248 e. The summed E-state index contributed by atoms with van der Waals surface area (Å²) in [7, 11) is -2.19. The molecule has 0 aromatic rings. The second-order valence-corrected chi connectivity index (χ2v) is 4.68. The molecule has 2 nitrogen and oxygen atoms in total. The highest BCUT2D eigenvalue weighted by atomic mass is 31.2. The lowest BCUT2D eigenvalue weighted by atomic mass is 10.5. The normalized spacial score (nSPS) is 36.5. The highest BCUT2D eigenvalue weighted by Gasteiger charge is 2.20. The summed E-state index contributed by atoms with van der Waals surface area (Å²) in [4.78, 5) is 0. The Morgan fingerprint density at radius 2 is 2.50 bits per heavy atom. The van der Waals surface area contributed by atoms with Crippen LogP contribution in [0.3, 0.4) is 0 Å². The molecule has 0 amide bonds. The van der Waals surface area contributed by atoms with Gasteiger partial charge in [-0.3, -0.25) is 4.57 Å². The maximum Gasteiger partial charge on any atom is 0.248 e. The summed E-state index contributed by atoms with van der Waals surface area (Å²) < 4.78 is 15.9. The first-order chi connectivity index (χ1) is 3.60. The third kappa shape index (κ3) is 1.13. The van der Waals surface area contributed by atoms with Crippen molar-refractivity contribution in [2.75, 3.05) is 12.8 Å². The molecule has 1 heterocycles. The highest BCUT2D eigenvalue weighted by Crippen LogP contribution is 2.49. The number of hydrogen-bond donors (Lipinski definition) is 0. The summed E-state index contributed by atoms with van der Waals surface area (Å²) in [6, 6.07) is 0. The van der Waals surface area contributed by atoms with Crippen molar-refractivity contribution in [3.8, 4) is 0 Å². The van der Waals surface area contributed by atoms with E-state index >= 15 is 0 Å². The van der Waals surface area contributed by atoms with Crippen LogP contribution < -0.4 is 0 Å². The summed E-state index contributed by atoms with van der Waals surface area (Å²) in [5.74, 6) is 0.802. The minimum absolute atomic E-state index is 0.610. The fraction of sp³-hybridized carbons (Fsp3) is 0.600. The van der Waals surface area contributed by atoms with Gasteiger partial charge in [-0.1, -0.05) is 0 Å². The standard InChI is InChI=1S/C5H9O2P/c1-5-3-4-8(2,6)7-5/h3H,4H2,1-2H3. The molecular formula is C5H9O2P. The monoisotopic (exact) mass is 132 g/mol.